The summed E-state index contributed by atoms with van der Waals surface area (Å²) in [4.78, 5) is 46.7. The highest BCUT2D eigenvalue weighted by Gasteiger charge is 2.18. The highest BCUT2D eigenvalue weighted by molar-refractivity contribution is 7.21. The molecule has 0 bridgehead atoms. The molecule has 0 aliphatic carbocycles. The zero-order chi connectivity index (χ0) is 22.5. The molecule has 0 spiro atoms. The third-order valence-electron chi connectivity index (χ3n) is 4.19. The second-order valence-corrected chi connectivity index (χ2v) is 7.82. The SMILES string of the molecule is Cc1ccc(NC(=O)COC(=O)CNC(=O)c2sc3ccccc3c2Cl)cc1[N+](=O)[O-]. The molecular formula is C20H16ClN3O6S. The Kier molecular flexibility index (Phi) is 6.83. The monoisotopic (exact) mass is 461 g/mol. The lowest BCUT2D eigenvalue weighted by molar-refractivity contribution is -0.385. The Hall–Kier alpha value is -3.50. The summed E-state index contributed by atoms with van der Waals surface area (Å²) in [6.07, 6.45) is 0. The van der Waals surface area contributed by atoms with Crippen LogP contribution in [0.2, 0.25) is 5.02 Å². The van der Waals surface area contributed by atoms with Gasteiger partial charge in [0.25, 0.3) is 17.5 Å². The summed E-state index contributed by atoms with van der Waals surface area (Å²) in [5, 5.41) is 16.8. The van der Waals surface area contributed by atoms with Gasteiger partial charge in [-0.15, -0.1) is 11.3 Å². The minimum Gasteiger partial charge on any atom is -0.454 e. The third kappa shape index (κ3) is 5.36. The van der Waals surface area contributed by atoms with Crippen LogP contribution < -0.4 is 10.6 Å². The number of hydrogen-bond acceptors (Lipinski definition) is 7. The van der Waals surface area contributed by atoms with E-state index in [1.165, 1.54) is 29.5 Å². The van der Waals surface area contributed by atoms with Gasteiger partial charge in [-0.25, -0.2) is 0 Å². The van der Waals surface area contributed by atoms with Gasteiger partial charge in [0.15, 0.2) is 6.61 Å². The molecule has 160 valence electrons. The van der Waals surface area contributed by atoms with Gasteiger partial charge in [-0.1, -0.05) is 35.9 Å². The molecule has 2 aromatic carbocycles. The van der Waals surface area contributed by atoms with Gasteiger partial charge in [-0.3, -0.25) is 24.5 Å². The lowest BCUT2D eigenvalue weighted by Gasteiger charge is -2.08. The predicted molar refractivity (Wildman–Crippen MR) is 117 cm³/mol. The van der Waals surface area contributed by atoms with E-state index in [0.717, 1.165) is 10.1 Å². The number of nitro benzene ring substituents is 1. The van der Waals surface area contributed by atoms with Gasteiger partial charge in [0, 0.05) is 27.4 Å². The summed E-state index contributed by atoms with van der Waals surface area (Å²) in [5.41, 5.74) is 0.507. The number of fused-ring (bicyclic) bond motifs is 1. The van der Waals surface area contributed by atoms with E-state index in [-0.39, 0.29) is 16.3 Å². The van der Waals surface area contributed by atoms with Crippen LogP contribution in [0.15, 0.2) is 42.5 Å². The molecule has 3 rings (SSSR count). The Morgan fingerprint density at radius 1 is 1.19 bits per heavy atom. The molecule has 31 heavy (non-hydrogen) atoms. The molecule has 0 aliphatic rings. The number of thiophene rings is 1. The Balaban J connectivity index is 1.49. The first-order valence-corrected chi connectivity index (χ1v) is 10.1. The van der Waals surface area contributed by atoms with E-state index < -0.39 is 35.9 Å². The molecule has 0 radical (unpaired) electrons. The molecule has 1 heterocycles. The van der Waals surface area contributed by atoms with Crippen molar-refractivity contribution in [3.05, 3.63) is 68.0 Å². The van der Waals surface area contributed by atoms with Gasteiger partial charge in [-0.2, -0.15) is 0 Å². The number of ether oxygens (including phenoxy) is 1. The smallest absolute Gasteiger partial charge is 0.325 e. The van der Waals surface area contributed by atoms with E-state index in [0.29, 0.717) is 10.6 Å². The molecule has 0 fully saturated rings. The standard InChI is InChI=1S/C20H16ClN3O6S/c1-11-6-7-12(8-14(11)24(28)29)23-16(25)10-30-17(26)9-22-20(27)19-18(21)13-4-2-3-5-15(13)31-19/h2-8H,9-10H2,1H3,(H,22,27)(H,23,25). The summed E-state index contributed by atoms with van der Waals surface area (Å²) >= 11 is 7.42. The van der Waals surface area contributed by atoms with Gasteiger partial charge in [0.05, 0.1) is 9.95 Å². The molecule has 2 N–H and O–H groups in total. The first-order chi connectivity index (χ1) is 14.8. The largest absolute Gasteiger partial charge is 0.454 e. The van der Waals surface area contributed by atoms with Crippen molar-refractivity contribution in [1.29, 1.82) is 0 Å². The first-order valence-electron chi connectivity index (χ1n) is 8.92. The Morgan fingerprint density at radius 2 is 1.94 bits per heavy atom. The number of amides is 2. The average molecular weight is 462 g/mol. The number of nitrogens with zero attached hydrogens (tertiary/aromatic N) is 1. The van der Waals surface area contributed by atoms with E-state index in [9.17, 15) is 24.5 Å². The van der Waals surface area contributed by atoms with Gasteiger partial charge in [0.2, 0.25) is 0 Å². The maximum Gasteiger partial charge on any atom is 0.325 e. The zero-order valence-corrected chi connectivity index (χ0v) is 17.7. The summed E-state index contributed by atoms with van der Waals surface area (Å²) in [7, 11) is 0. The van der Waals surface area contributed by atoms with E-state index in [2.05, 4.69) is 10.6 Å². The van der Waals surface area contributed by atoms with Crippen LogP contribution in [0.25, 0.3) is 10.1 Å². The van der Waals surface area contributed by atoms with Crippen LogP contribution in [-0.2, 0) is 14.3 Å². The average Bonchev–Trinajstić information content (AvgIpc) is 3.08. The molecule has 0 saturated carbocycles. The van der Waals surface area contributed by atoms with Crippen molar-refractivity contribution in [3.8, 4) is 0 Å². The molecule has 1 aromatic heterocycles. The minimum absolute atomic E-state index is 0.141. The van der Waals surface area contributed by atoms with Crippen LogP contribution >= 0.6 is 22.9 Å². The van der Waals surface area contributed by atoms with Crippen molar-refractivity contribution in [2.24, 2.45) is 0 Å². The molecule has 0 atom stereocenters. The summed E-state index contributed by atoms with van der Waals surface area (Å²) in [6.45, 7) is 0.512. The quantitative estimate of drug-likeness (QED) is 0.314. The molecule has 0 saturated heterocycles. The Bertz CT molecular complexity index is 1190. The van der Waals surface area contributed by atoms with Crippen molar-refractivity contribution in [1.82, 2.24) is 5.32 Å². The molecule has 2 amide bonds. The number of esters is 1. The number of carbonyl (C=O) groups is 3. The van der Waals surface area contributed by atoms with Gasteiger partial charge in [-0.05, 0) is 19.1 Å². The van der Waals surface area contributed by atoms with E-state index >= 15 is 0 Å². The maximum atomic E-state index is 12.3. The summed E-state index contributed by atoms with van der Waals surface area (Å²) < 4.78 is 5.66. The topological polar surface area (TPSA) is 128 Å². The number of nitro groups is 1. The van der Waals surface area contributed by atoms with Crippen LogP contribution in [0.1, 0.15) is 15.2 Å². The van der Waals surface area contributed by atoms with Gasteiger partial charge >= 0.3 is 5.97 Å². The van der Waals surface area contributed by atoms with Gasteiger partial charge in [0.1, 0.15) is 11.4 Å². The predicted octanol–water partition coefficient (Wildman–Crippen LogP) is 3.68. The van der Waals surface area contributed by atoms with E-state index in [1.807, 2.05) is 12.1 Å². The van der Waals surface area contributed by atoms with Crippen LogP contribution in [-0.4, -0.2) is 35.9 Å². The van der Waals surface area contributed by atoms with Crippen molar-refractivity contribution >= 4 is 62.2 Å². The number of aryl methyl sites for hydroxylation is 1. The summed E-state index contributed by atoms with van der Waals surface area (Å²) in [5.74, 6) is -2.03. The van der Waals surface area contributed by atoms with Crippen LogP contribution in [0.3, 0.4) is 0 Å². The number of nitrogens with one attached hydrogen (secondary N) is 2. The highest BCUT2D eigenvalue weighted by atomic mass is 35.5. The van der Waals surface area contributed by atoms with Crippen LogP contribution in [0, 0.1) is 17.0 Å². The molecule has 9 nitrogen and oxygen atoms in total. The number of benzene rings is 2. The first kappa shape index (κ1) is 22.2. The zero-order valence-electron chi connectivity index (χ0n) is 16.1. The molecule has 0 unspecified atom stereocenters. The normalized spacial score (nSPS) is 10.5. The third-order valence-corrected chi connectivity index (χ3v) is 5.86. The second kappa shape index (κ2) is 9.54. The number of rotatable bonds is 7. The van der Waals surface area contributed by atoms with Crippen LogP contribution in [0.4, 0.5) is 11.4 Å². The second-order valence-electron chi connectivity index (χ2n) is 6.39. The highest BCUT2D eigenvalue weighted by Crippen LogP contribution is 2.34. The number of anilines is 1. The van der Waals surface area contributed by atoms with Crippen molar-refractivity contribution < 1.29 is 24.0 Å². The minimum atomic E-state index is -0.823. The maximum absolute atomic E-state index is 12.3. The number of hydrogen-bond donors (Lipinski definition) is 2. The fraction of sp³-hybridized carbons (Fsp3) is 0.150. The molecule has 0 aliphatic heterocycles. The van der Waals surface area contributed by atoms with Crippen molar-refractivity contribution in [2.75, 3.05) is 18.5 Å². The number of halogens is 1. The molecule has 11 heteroatoms. The fourth-order valence-corrected chi connectivity index (χ4v) is 4.10. The lowest BCUT2D eigenvalue weighted by atomic mass is 10.2. The molecule has 3 aromatic rings. The Labute approximate surface area is 185 Å². The fourth-order valence-electron chi connectivity index (χ4n) is 2.67. The Morgan fingerprint density at radius 3 is 2.65 bits per heavy atom. The van der Waals surface area contributed by atoms with E-state index in [1.54, 1.807) is 19.1 Å². The van der Waals surface area contributed by atoms with Crippen molar-refractivity contribution in [3.63, 3.8) is 0 Å². The lowest BCUT2D eigenvalue weighted by Crippen LogP contribution is -2.32. The molecular weight excluding hydrogens is 446 g/mol. The van der Waals surface area contributed by atoms with Gasteiger partial charge < -0.3 is 15.4 Å². The van der Waals surface area contributed by atoms with Crippen molar-refractivity contribution in [2.45, 2.75) is 6.92 Å². The van der Waals surface area contributed by atoms with E-state index in [4.69, 9.17) is 16.3 Å². The van der Waals surface area contributed by atoms with Crippen LogP contribution in [0.5, 0.6) is 0 Å². The number of carbonyl (C=O) groups excluding carboxylic acids is 3. The summed E-state index contributed by atoms with van der Waals surface area (Å²) in [6, 6.07) is 11.5.